The van der Waals surface area contributed by atoms with Gasteiger partial charge in [-0.1, -0.05) is 46.9 Å². The minimum atomic E-state index is -4.13. The maximum atomic E-state index is 12.0. The summed E-state index contributed by atoms with van der Waals surface area (Å²) in [6.07, 6.45) is 1.56. The van der Waals surface area contributed by atoms with Crippen LogP contribution < -0.4 is 0 Å². The number of phosphoric ester groups is 1. The summed E-state index contributed by atoms with van der Waals surface area (Å²) in [6.45, 7) is 12.6. The smallest absolute Gasteiger partial charge is 0.396 e. The number of rotatable bonds is 8. The third-order valence-electron chi connectivity index (χ3n) is 6.18. The average molecular weight is 418 g/mol. The highest BCUT2D eigenvalue weighted by Crippen LogP contribution is 2.48. The van der Waals surface area contributed by atoms with Gasteiger partial charge in [0.15, 0.2) is 0 Å². The van der Waals surface area contributed by atoms with Gasteiger partial charge < -0.3 is 14.7 Å². The first-order valence-corrected chi connectivity index (χ1v) is 12.0. The van der Waals surface area contributed by atoms with Crippen LogP contribution in [0.1, 0.15) is 67.2 Å². The highest BCUT2D eigenvalue weighted by Gasteiger charge is 2.43. The van der Waals surface area contributed by atoms with Crippen LogP contribution in [-0.2, 0) is 18.3 Å². The van der Waals surface area contributed by atoms with Crippen LogP contribution in [0.15, 0.2) is 0 Å². The first kappa shape index (κ1) is 26.1. The van der Waals surface area contributed by atoms with Crippen LogP contribution >= 0.6 is 7.82 Å². The molecule has 8 heteroatoms. The largest absolute Gasteiger partial charge is 0.472 e. The summed E-state index contributed by atoms with van der Waals surface area (Å²) < 4.78 is 28.7. The van der Waals surface area contributed by atoms with Crippen LogP contribution in [0.2, 0.25) is 5.82 Å². The van der Waals surface area contributed by atoms with E-state index in [1.807, 2.05) is 6.92 Å². The highest BCUT2D eigenvalue weighted by atomic mass is 31.2. The Morgan fingerprint density at radius 1 is 1.25 bits per heavy atom. The van der Waals surface area contributed by atoms with Gasteiger partial charge in [0.25, 0.3) is 0 Å². The molecule has 0 saturated carbocycles. The van der Waals surface area contributed by atoms with Crippen molar-refractivity contribution in [2.45, 2.75) is 90.9 Å². The minimum Gasteiger partial charge on any atom is -0.396 e. The lowest BCUT2D eigenvalue weighted by molar-refractivity contribution is -0.158. The number of hydrogen-bond donors (Lipinski definition) is 2. The predicted octanol–water partition coefficient (Wildman–Crippen LogP) is 4.35. The zero-order valence-corrected chi connectivity index (χ0v) is 19.5. The summed E-state index contributed by atoms with van der Waals surface area (Å²) in [5.41, 5.74) is -0.618. The molecule has 7 unspecified atom stereocenters. The summed E-state index contributed by atoms with van der Waals surface area (Å²) in [7, 11) is 3.57. The van der Waals surface area contributed by atoms with E-state index in [-0.39, 0.29) is 30.4 Å². The zero-order valence-electron chi connectivity index (χ0n) is 18.6. The summed E-state index contributed by atoms with van der Waals surface area (Å²) in [6, 6.07) is 0. The monoisotopic (exact) mass is 418 g/mol. The fourth-order valence-corrected chi connectivity index (χ4v) is 4.87. The molecule has 2 N–H and O–H groups in total. The van der Waals surface area contributed by atoms with E-state index >= 15 is 0 Å². The van der Waals surface area contributed by atoms with Crippen molar-refractivity contribution < 1.29 is 28.3 Å². The second-order valence-corrected chi connectivity index (χ2v) is 10.8. The molecule has 7 atom stereocenters. The molecule has 0 amide bonds. The molecule has 1 rings (SSSR count). The molecular formula is C20H40BO6P. The second kappa shape index (κ2) is 10.9. The predicted molar refractivity (Wildman–Crippen MR) is 112 cm³/mol. The van der Waals surface area contributed by atoms with Crippen molar-refractivity contribution >= 4 is 15.7 Å². The first-order valence-electron chi connectivity index (χ1n) is 10.5. The Balaban J connectivity index is 3.28. The molecule has 6 nitrogen and oxygen atoms in total. The quantitative estimate of drug-likeness (QED) is 0.450. The van der Waals surface area contributed by atoms with E-state index in [2.05, 4.69) is 39.1 Å². The van der Waals surface area contributed by atoms with E-state index in [9.17, 15) is 14.6 Å². The molecule has 0 bridgehead atoms. The Hall–Kier alpha value is 0.0949. The van der Waals surface area contributed by atoms with E-state index in [0.717, 1.165) is 13.5 Å². The summed E-state index contributed by atoms with van der Waals surface area (Å²) in [5.74, 6) is 0.511. The van der Waals surface area contributed by atoms with Crippen molar-refractivity contribution in [1.82, 2.24) is 0 Å². The van der Waals surface area contributed by atoms with Crippen LogP contribution in [0.4, 0.5) is 0 Å². The maximum absolute atomic E-state index is 12.0. The molecule has 1 fully saturated rings. The fraction of sp³-hybridized carbons (Fsp3) is 1.00. The van der Waals surface area contributed by atoms with Gasteiger partial charge in [0, 0.05) is 19.6 Å². The molecule has 1 aliphatic rings. The molecule has 1 aliphatic heterocycles. The minimum absolute atomic E-state index is 0.0934. The Morgan fingerprint density at radius 2 is 1.86 bits per heavy atom. The van der Waals surface area contributed by atoms with Crippen molar-refractivity contribution in [2.75, 3.05) is 13.7 Å². The maximum Gasteiger partial charge on any atom is 0.472 e. The third kappa shape index (κ3) is 7.41. The van der Waals surface area contributed by atoms with Gasteiger partial charge in [0.2, 0.25) is 0 Å². The summed E-state index contributed by atoms with van der Waals surface area (Å²) in [5, 5.41) is 10.2. The summed E-state index contributed by atoms with van der Waals surface area (Å²) in [4.78, 5) is 9.81. The van der Waals surface area contributed by atoms with Crippen molar-refractivity contribution in [3.05, 3.63) is 0 Å². The third-order valence-corrected chi connectivity index (χ3v) is 7.20. The lowest BCUT2D eigenvalue weighted by Gasteiger charge is -2.44. The molecule has 2 radical (unpaired) electrons. The number of aliphatic hydroxyl groups excluding tert-OH is 1. The van der Waals surface area contributed by atoms with E-state index < -0.39 is 19.5 Å². The van der Waals surface area contributed by atoms with Crippen molar-refractivity contribution in [2.24, 2.45) is 23.7 Å². The normalized spacial score (nSPS) is 35.8. The highest BCUT2D eigenvalue weighted by molar-refractivity contribution is 7.47. The number of aliphatic hydroxyl groups is 1. The first-order chi connectivity index (χ1) is 12.8. The van der Waals surface area contributed by atoms with E-state index in [0.29, 0.717) is 31.1 Å². The van der Waals surface area contributed by atoms with Gasteiger partial charge in [-0.2, -0.15) is 0 Å². The van der Waals surface area contributed by atoms with Crippen LogP contribution in [0.3, 0.4) is 0 Å². The molecule has 1 saturated heterocycles. The second-order valence-electron chi connectivity index (χ2n) is 9.33. The Morgan fingerprint density at radius 3 is 2.32 bits per heavy atom. The van der Waals surface area contributed by atoms with Gasteiger partial charge in [-0.25, -0.2) is 4.57 Å². The van der Waals surface area contributed by atoms with Crippen LogP contribution in [-0.4, -0.2) is 49.4 Å². The molecular weight excluding hydrogens is 378 g/mol. The van der Waals surface area contributed by atoms with E-state index in [1.165, 1.54) is 0 Å². The molecule has 164 valence electrons. The lowest BCUT2D eigenvalue weighted by atomic mass is 9.72. The van der Waals surface area contributed by atoms with Crippen molar-refractivity contribution in [1.29, 1.82) is 0 Å². The molecule has 0 aliphatic carbocycles. The number of hydrogen-bond acceptors (Lipinski definition) is 5. The van der Waals surface area contributed by atoms with Gasteiger partial charge in [-0.15, -0.1) is 0 Å². The Kier molecular flexibility index (Phi) is 10.2. The van der Waals surface area contributed by atoms with Crippen molar-refractivity contribution in [3.63, 3.8) is 0 Å². The van der Waals surface area contributed by atoms with Gasteiger partial charge >= 0.3 is 7.82 Å². The van der Waals surface area contributed by atoms with Crippen LogP contribution in [0.25, 0.3) is 0 Å². The van der Waals surface area contributed by atoms with Gasteiger partial charge in [-0.3, -0.25) is 9.05 Å². The standard InChI is InChI=1S/C20H40BO6P/c1-13(2)11-20(6)16(12-22)10-17(27-28(23,24)25-7)8-9-18(21)19(26-20)15(5)14(3)4/h13-19,22H,8-12H2,1-7H3,(H,23,24). The van der Waals surface area contributed by atoms with Crippen LogP contribution in [0.5, 0.6) is 0 Å². The fourth-order valence-electron chi connectivity index (χ4n) is 4.22. The molecule has 0 aromatic rings. The van der Waals surface area contributed by atoms with Crippen LogP contribution in [0, 0.1) is 23.7 Å². The number of ether oxygens (including phenoxy) is 1. The average Bonchev–Trinajstić information content (AvgIpc) is 2.63. The molecule has 0 spiro atoms. The zero-order chi connectivity index (χ0) is 21.7. The number of phosphoric acid groups is 1. The van der Waals surface area contributed by atoms with Crippen molar-refractivity contribution in [3.8, 4) is 0 Å². The van der Waals surface area contributed by atoms with E-state index in [1.54, 1.807) is 0 Å². The lowest BCUT2D eigenvalue weighted by Crippen LogP contribution is -2.47. The van der Waals surface area contributed by atoms with Gasteiger partial charge in [0.1, 0.15) is 0 Å². The molecule has 0 aromatic heterocycles. The molecule has 1 heterocycles. The topological polar surface area (TPSA) is 85.2 Å². The van der Waals surface area contributed by atoms with Gasteiger partial charge in [0.05, 0.1) is 25.7 Å². The Bertz CT molecular complexity index is 517. The molecule has 0 aromatic carbocycles. The SMILES string of the molecule is [B]C1CCC(OP(=O)(O)OC)CC(CO)C(C)(CC(C)C)OC1C(C)C(C)C. The van der Waals surface area contributed by atoms with Gasteiger partial charge in [-0.05, 0) is 43.9 Å². The van der Waals surface area contributed by atoms with E-state index in [4.69, 9.17) is 17.1 Å². The summed E-state index contributed by atoms with van der Waals surface area (Å²) >= 11 is 0. The molecule has 28 heavy (non-hydrogen) atoms. The Labute approximate surface area is 172 Å².